The first kappa shape index (κ1) is 12.7. The number of unbranched alkanes of at least 4 members (excludes halogenated alkanes) is 1. The number of hydrogen-bond acceptors (Lipinski definition) is 4. The maximum absolute atomic E-state index is 4.28. The third-order valence-corrected chi connectivity index (χ3v) is 2.58. The molecular weight excluding hydrogens is 200 g/mol. The fraction of sp³-hybridized carbons (Fsp3) is 0.667. The normalized spacial score (nSPS) is 10.2. The van der Waals surface area contributed by atoms with E-state index in [0.29, 0.717) is 0 Å². The van der Waals surface area contributed by atoms with Crippen LogP contribution >= 0.6 is 0 Å². The van der Waals surface area contributed by atoms with Crippen molar-refractivity contribution < 1.29 is 0 Å². The Kier molecular flexibility index (Phi) is 5.61. The van der Waals surface area contributed by atoms with Gasteiger partial charge < -0.3 is 10.2 Å². The maximum atomic E-state index is 4.28. The van der Waals surface area contributed by atoms with Gasteiger partial charge in [0, 0.05) is 25.7 Å². The van der Waals surface area contributed by atoms with E-state index in [4.69, 9.17) is 0 Å². The first-order valence-electron chi connectivity index (χ1n) is 6.12. The van der Waals surface area contributed by atoms with Crippen molar-refractivity contribution >= 4 is 11.6 Å². The molecule has 1 aromatic rings. The average Bonchev–Trinajstić information content (AvgIpc) is 2.32. The summed E-state index contributed by atoms with van der Waals surface area (Å²) in [5.41, 5.74) is 0. The van der Waals surface area contributed by atoms with Crippen LogP contribution in [0.15, 0.2) is 12.4 Å². The molecule has 0 radical (unpaired) electrons. The molecule has 0 aliphatic carbocycles. The molecule has 4 heteroatoms. The SMILES string of the molecule is CCCCNc1cc(N(CC)CC)ncn1. The fourth-order valence-electron chi connectivity index (χ4n) is 1.56. The summed E-state index contributed by atoms with van der Waals surface area (Å²) < 4.78 is 0. The lowest BCUT2D eigenvalue weighted by Gasteiger charge is -2.19. The van der Waals surface area contributed by atoms with E-state index in [9.17, 15) is 0 Å². The van der Waals surface area contributed by atoms with Crippen molar-refractivity contribution in [2.24, 2.45) is 0 Å². The summed E-state index contributed by atoms with van der Waals surface area (Å²) in [4.78, 5) is 10.7. The summed E-state index contributed by atoms with van der Waals surface area (Å²) in [6, 6.07) is 2.02. The molecule has 0 saturated heterocycles. The summed E-state index contributed by atoms with van der Waals surface area (Å²) in [6.07, 6.45) is 3.99. The number of anilines is 2. The van der Waals surface area contributed by atoms with Crippen LogP contribution in [-0.2, 0) is 0 Å². The molecule has 1 rings (SSSR count). The van der Waals surface area contributed by atoms with E-state index in [0.717, 1.165) is 31.3 Å². The Morgan fingerprint density at radius 2 is 1.94 bits per heavy atom. The van der Waals surface area contributed by atoms with Gasteiger partial charge in [-0.25, -0.2) is 9.97 Å². The third-order valence-electron chi connectivity index (χ3n) is 2.58. The van der Waals surface area contributed by atoms with E-state index in [-0.39, 0.29) is 0 Å². The monoisotopic (exact) mass is 222 g/mol. The van der Waals surface area contributed by atoms with Gasteiger partial charge >= 0.3 is 0 Å². The summed E-state index contributed by atoms with van der Waals surface area (Å²) >= 11 is 0. The van der Waals surface area contributed by atoms with Crippen LogP contribution in [0.3, 0.4) is 0 Å². The second kappa shape index (κ2) is 7.04. The van der Waals surface area contributed by atoms with Crippen molar-refractivity contribution in [3.8, 4) is 0 Å². The van der Waals surface area contributed by atoms with E-state index in [1.165, 1.54) is 12.8 Å². The number of aromatic nitrogens is 2. The van der Waals surface area contributed by atoms with Crippen molar-refractivity contribution in [1.82, 2.24) is 9.97 Å². The van der Waals surface area contributed by atoms with Crippen LogP contribution in [0.4, 0.5) is 11.6 Å². The van der Waals surface area contributed by atoms with Crippen LogP contribution in [0, 0.1) is 0 Å². The predicted octanol–water partition coefficient (Wildman–Crippen LogP) is 2.53. The smallest absolute Gasteiger partial charge is 0.134 e. The topological polar surface area (TPSA) is 41.0 Å². The molecule has 1 N–H and O–H groups in total. The maximum Gasteiger partial charge on any atom is 0.134 e. The Bertz CT molecular complexity index is 297. The first-order valence-corrected chi connectivity index (χ1v) is 6.12. The molecule has 0 atom stereocenters. The largest absolute Gasteiger partial charge is 0.370 e. The van der Waals surface area contributed by atoms with Crippen LogP contribution in [-0.4, -0.2) is 29.6 Å². The molecule has 0 unspecified atom stereocenters. The van der Waals surface area contributed by atoms with Crippen molar-refractivity contribution in [1.29, 1.82) is 0 Å². The fourth-order valence-corrected chi connectivity index (χ4v) is 1.56. The van der Waals surface area contributed by atoms with E-state index in [1.807, 2.05) is 6.07 Å². The highest BCUT2D eigenvalue weighted by Gasteiger charge is 2.04. The minimum atomic E-state index is 0.922. The average molecular weight is 222 g/mol. The zero-order valence-corrected chi connectivity index (χ0v) is 10.5. The highest BCUT2D eigenvalue weighted by atomic mass is 15.2. The second-order valence-electron chi connectivity index (χ2n) is 3.71. The minimum Gasteiger partial charge on any atom is -0.370 e. The second-order valence-corrected chi connectivity index (χ2v) is 3.71. The van der Waals surface area contributed by atoms with E-state index in [2.05, 4.69) is 41.0 Å². The van der Waals surface area contributed by atoms with E-state index >= 15 is 0 Å². The molecule has 0 fully saturated rings. The lowest BCUT2D eigenvalue weighted by Crippen LogP contribution is -2.23. The van der Waals surface area contributed by atoms with Gasteiger partial charge in [0.15, 0.2) is 0 Å². The Labute approximate surface area is 98.1 Å². The zero-order chi connectivity index (χ0) is 11.8. The van der Waals surface area contributed by atoms with Crippen LogP contribution in [0.2, 0.25) is 0 Å². The van der Waals surface area contributed by atoms with Crippen LogP contribution in [0.25, 0.3) is 0 Å². The molecule has 0 aliphatic rings. The molecule has 1 heterocycles. The van der Waals surface area contributed by atoms with Gasteiger partial charge in [0.05, 0.1) is 0 Å². The lowest BCUT2D eigenvalue weighted by molar-refractivity contribution is 0.824. The van der Waals surface area contributed by atoms with Gasteiger partial charge in [-0.3, -0.25) is 0 Å². The molecule has 0 bridgehead atoms. The van der Waals surface area contributed by atoms with Gasteiger partial charge in [-0.15, -0.1) is 0 Å². The molecule has 4 nitrogen and oxygen atoms in total. The van der Waals surface area contributed by atoms with Crippen molar-refractivity contribution in [2.45, 2.75) is 33.6 Å². The summed E-state index contributed by atoms with van der Waals surface area (Å²) in [7, 11) is 0. The molecule has 0 spiro atoms. The Morgan fingerprint density at radius 3 is 2.56 bits per heavy atom. The highest BCUT2D eigenvalue weighted by molar-refractivity contribution is 5.48. The molecule has 1 aromatic heterocycles. The lowest BCUT2D eigenvalue weighted by atomic mass is 10.3. The van der Waals surface area contributed by atoms with Crippen molar-refractivity contribution in [3.05, 3.63) is 12.4 Å². The summed E-state index contributed by atoms with van der Waals surface area (Å²) in [6.45, 7) is 9.38. The molecule has 16 heavy (non-hydrogen) atoms. The number of hydrogen-bond donors (Lipinski definition) is 1. The van der Waals surface area contributed by atoms with Crippen LogP contribution < -0.4 is 10.2 Å². The van der Waals surface area contributed by atoms with Crippen LogP contribution in [0.1, 0.15) is 33.6 Å². The highest BCUT2D eigenvalue weighted by Crippen LogP contribution is 2.13. The molecular formula is C12H22N4. The van der Waals surface area contributed by atoms with Gasteiger partial charge in [0.25, 0.3) is 0 Å². The number of rotatable bonds is 7. The Balaban J connectivity index is 2.62. The standard InChI is InChI=1S/C12H22N4/c1-4-7-8-13-11-9-12(15-10-14-11)16(5-2)6-3/h9-10H,4-8H2,1-3H3,(H,13,14,15). The van der Waals surface area contributed by atoms with Gasteiger partial charge in [-0.2, -0.15) is 0 Å². The van der Waals surface area contributed by atoms with E-state index < -0.39 is 0 Å². The van der Waals surface area contributed by atoms with Crippen molar-refractivity contribution in [3.63, 3.8) is 0 Å². The predicted molar refractivity (Wildman–Crippen MR) is 69.0 cm³/mol. The van der Waals surface area contributed by atoms with Crippen molar-refractivity contribution in [2.75, 3.05) is 29.9 Å². The summed E-state index contributed by atoms with van der Waals surface area (Å²) in [5.74, 6) is 1.92. The van der Waals surface area contributed by atoms with Gasteiger partial charge in [0.1, 0.15) is 18.0 Å². The van der Waals surface area contributed by atoms with Gasteiger partial charge in [-0.05, 0) is 20.3 Å². The Hall–Kier alpha value is -1.32. The summed E-state index contributed by atoms with van der Waals surface area (Å²) in [5, 5.41) is 3.31. The molecule has 90 valence electrons. The van der Waals surface area contributed by atoms with Gasteiger partial charge in [-0.1, -0.05) is 13.3 Å². The van der Waals surface area contributed by atoms with Crippen LogP contribution in [0.5, 0.6) is 0 Å². The Morgan fingerprint density at radius 1 is 1.19 bits per heavy atom. The molecule has 0 aliphatic heterocycles. The zero-order valence-electron chi connectivity index (χ0n) is 10.5. The third kappa shape index (κ3) is 3.68. The molecule has 0 saturated carbocycles. The number of nitrogens with one attached hydrogen (secondary N) is 1. The van der Waals surface area contributed by atoms with E-state index in [1.54, 1.807) is 6.33 Å². The quantitative estimate of drug-likeness (QED) is 0.720. The minimum absolute atomic E-state index is 0.922. The molecule has 0 amide bonds. The first-order chi connectivity index (χ1) is 7.81. The van der Waals surface area contributed by atoms with Gasteiger partial charge in [0.2, 0.25) is 0 Å². The molecule has 0 aromatic carbocycles. The number of nitrogens with zero attached hydrogens (tertiary/aromatic N) is 3.